The van der Waals surface area contributed by atoms with Crippen LogP contribution in [0.25, 0.3) is 0 Å². The minimum atomic E-state index is 0.0471. The standard InChI is InChI=1S/C13H22N2O/c1-2-8-13-9-7-12(16)15(13)11-6-4-3-5-10(11)14-13/h10-11,14H,2-9H2,1H3/t10-,11+,13-/m1/s1. The van der Waals surface area contributed by atoms with Gasteiger partial charge >= 0.3 is 0 Å². The molecule has 0 bridgehead atoms. The molecule has 1 saturated carbocycles. The molecular formula is C13H22N2O. The van der Waals surface area contributed by atoms with Crippen LogP contribution in [-0.2, 0) is 4.79 Å². The zero-order chi connectivity index (χ0) is 11.2. The highest BCUT2D eigenvalue weighted by atomic mass is 16.2. The van der Waals surface area contributed by atoms with Gasteiger partial charge in [0.1, 0.15) is 0 Å². The van der Waals surface area contributed by atoms with E-state index in [0.29, 0.717) is 18.0 Å². The molecule has 1 N–H and O–H groups in total. The van der Waals surface area contributed by atoms with Crippen molar-refractivity contribution in [3.63, 3.8) is 0 Å². The van der Waals surface area contributed by atoms with Gasteiger partial charge in [0.15, 0.2) is 0 Å². The number of fused-ring (bicyclic) bond motifs is 3. The van der Waals surface area contributed by atoms with Crippen molar-refractivity contribution in [3.8, 4) is 0 Å². The Morgan fingerprint density at radius 3 is 3.06 bits per heavy atom. The molecule has 3 aliphatic rings. The fourth-order valence-electron chi connectivity index (χ4n) is 4.10. The van der Waals surface area contributed by atoms with Crippen LogP contribution in [0.2, 0.25) is 0 Å². The van der Waals surface area contributed by atoms with E-state index in [9.17, 15) is 4.79 Å². The fourth-order valence-corrected chi connectivity index (χ4v) is 4.10. The number of nitrogens with one attached hydrogen (secondary N) is 1. The molecule has 0 aromatic heterocycles. The molecule has 2 saturated heterocycles. The number of carbonyl (C=O) groups excluding carboxylic acids is 1. The predicted molar refractivity (Wildman–Crippen MR) is 62.9 cm³/mol. The average Bonchev–Trinajstić information content (AvgIpc) is 2.75. The maximum absolute atomic E-state index is 12.1. The monoisotopic (exact) mass is 222 g/mol. The van der Waals surface area contributed by atoms with Crippen LogP contribution in [0.4, 0.5) is 0 Å². The van der Waals surface area contributed by atoms with Crippen LogP contribution >= 0.6 is 0 Å². The smallest absolute Gasteiger partial charge is 0.224 e. The van der Waals surface area contributed by atoms with Crippen LogP contribution in [-0.4, -0.2) is 28.6 Å². The van der Waals surface area contributed by atoms with Crippen molar-refractivity contribution >= 4 is 5.91 Å². The first-order chi connectivity index (χ1) is 7.77. The summed E-state index contributed by atoms with van der Waals surface area (Å²) in [5.41, 5.74) is 0.0471. The molecule has 90 valence electrons. The Labute approximate surface area is 97.6 Å². The van der Waals surface area contributed by atoms with E-state index in [1.807, 2.05) is 0 Å². The Bertz CT molecular complexity index is 304. The van der Waals surface area contributed by atoms with E-state index in [4.69, 9.17) is 0 Å². The summed E-state index contributed by atoms with van der Waals surface area (Å²) in [5.74, 6) is 0.398. The van der Waals surface area contributed by atoms with Gasteiger partial charge in [-0.15, -0.1) is 0 Å². The lowest BCUT2D eigenvalue weighted by molar-refractivity contribution is -0.132. The van der Waals surface area contributed by atoms with Gasteiger partial charge in [-0.3, -0.25) is 10.1 Å². The molecule has 3 fully saturated rings. The zero-order valence-corrected chi connectivity index (χ0v) is 10.2. The summed E-state index contributed by atoms with van der Waals surface area (Å²) in [6.07, 6.45) is 9.20. The maximum Gasteiger partial charge on any atom is 0.224 e. The molecule has 1 amide bonds. The SMILES string of the molecule is CCC[C@]12CCC(=O)N1[C@H]1CCCC[C@H]1N2. The van der Waals surface area contributed by atoms with Gasteiger partial charge in [0.25, 0.3) is 0 Å². The number of hydrogen-bond acceptors (Lipinski definition) is 2. The van der Waals surface area contributed by atoms with Crippen LogP contribution < -0.4 is 5.32 Å². The molecule has 0 spiro atoms. The van der Waals surface area contributed by atoms with Gasteiger partial charge in [-0.25, -0.2) is 0 Å². The van der Waals surface area contributed by atoms with E-state index in [0.717, 1.165) is 25.7 Å². The third-order valence-corrected chi connectivity index (χ3v) is 4.66. The molecule has 0 aromatic rings. The Morgan fingerprint density at radius 1 is 1.44 bits per heavy atom. The summed E-state index contributed by atoms with van der Waals surface area (Å²) in [7, 11) is 0. The van der Waals surface area contributed by atoms with E-state index >= 15 is 0 Å². The average molecular weight is 222 g/mol. The summed E-state index contributed by atoms with van der Waals surface area (Å²) in [6.45, 7) is 2.22. The Hall–Kier alpha value is -0.570. The second kappa shape index (κ2) is 3.73. The number of hydrogen-bond donors (Lipinski definition) is 1. The first-order valence-corrected chi connectivity index (χ1v) is 6.87. The van der Waals surface area contributed by atoms with Crippen LogP contribution in [0.15, 0.2) is 0 Å². The molecule has 3 nitrogen and oxygen atoms in total. The van der Waals surface area contributed by atoms with Crippen LogP contribution in [0.3, 0.4) is 0 Å². The lowest BCUT2D eigenvalue weighted by Gasteiger charge is -2.35. The highest BCUT2D eigenvalue weighted by Crippen LogP contribution is 2.43. The fraction of sp³-hybridized carbons (Fsp3) is 0.923. The van der Waals surface area contributed by atoms with Gasteiger partial charge < -0.3 is 4.90 Å². The van der Waals surface area contributed by atoms with Gasteiger partial charge in [0.05, 0.1) is 5.66 Å². The molecular weight excluding hydrogens is 200 g/mol. The molecule has 2 aliphatic heterocycles. The molecule has 3 atom stereocenters. The normalized spacial score (nSPS) is 42.3. The summed E-state index contributed by atoms with van der Waals surface area (Å²) >= 11 is 0. The van der Waals surface area contributed by atoms with Crippen molar-refractivity contribution in [2.45, 2.75) is 76.0 Å². The highest BCUT2D eigenvalue weighted by Gasteiger charge is 2.56. The summed E-state index contributed by atoms with van der Waals surface area (Å²) in [6, 6.07) is 1.10. The molecule has 0 aromatic carbocycles. The number of rotatable bonds is 2. The predicted octanol–water partition coefficient (Wildman–Crippen LogP) is 2.02. The Kier molecular flexibility index (Phi) is 2.46. The van der Waals surface area contributed by atoms with Crippen molar-refractivity contribution in [1.82, 2.24) is 10.2 Å². The van der Waals surface area contributed by atoms with E-state index < -0.39 is 0 Å². The molecule has 0 unspecified atom stereocenters. The van der Waals surface area contributed by atoms with E-state index in [1.54, 1.807) is 0 Å². The van der Waals surface area contributed by atoms with Crippen molar-refractivity contribution in [3.05, 3.63) is 0 Å². The first kappa shape index (κ1) is 10.6. The number of amides is 1. The quantitative estimate of drug-likeness (QED) is 0.775. The Balaban J connectivity index is 1.89. The van der Waals surface area contributed by atoms with E-state index in [2.05, 4.69) is 17.1 Å². The van der Waals surface area contributed by atoms with Crippen LogP contribution in [0, 0.1) is 0 Å². The van der Waals surface area contributed by atoms with Gasteiger partial charge in [-0.05, 0) is 25.7 Å². The van der Waals surface area contributed by atoms with Crippen molar-refractivity contribution in [1.29, 1.82) is 0 Å². The maximum atomic E-state index is 12.1. The largest absolute Gasteiger partial charge is 0.320 e. The highest BCUT2D eigenvalue weighted by molar-refractivity contribution is 5.80. The first-order valence-electron chi connectivity index (χ1n) is 6.87. The van der Waals surface area contributed by atoms with Gasteiger partial charge in [0, 0.05) is 18.5 Å². The molecule has 0 radical (unpaired) electrons. The molecule has 3 heteroatoms. The summed E-state index contributed by atoms with van der Waals surface area (Å²) in [5, 5.41) is 3.80. The molecule has 16 heavy (non-hydrogen) atoms. The summed E-state index contributed by atoms with van der Waals surface area (Å²) < 4.78 is 0. The number of nitrogens with zero attached hydrogens (tertiary/aromatic N) is 1. The Morgan fingerprint density at radius 2 is 2.25 bits per heavy atom. The molecule has 1 aliphatic carbocycles. The van der Waals surface area contributed by atoms with Crippen molar-refractivity contribution in [2.24, 2.45) is 0 Å². The van der Waals surface area contributed by atoms with Crippen molar-refractivity contribution in [2.75, 3.05) is 0 Å². The van der Waals surface area contributed by atoms with Crippen molar-refractivity contribution < 1.29 is 4.79 Å². The lowest BCUT2D eigenvalue weighted by atomic mass is 9.91. The lowest BCUT2D eigenvalue weighted by Crippen LogP contribution is -2.49. The summed E-state index contributed by atoms with van der Waals surface area (Å²) in [4.78, 5) is 14.3. The molecule has 3 rings (SSSR count). The van der Waals surface area contributed by atoms with E-state index in [-0.39, 0.29) is 5.66 Å². The zero-order valence-electron chi connectivity index (χ0n) is 10.2. The van der Waals surface area contributed by atoms with Crippen LogP contribution in [0.5, 0.6) is 0 Å². The number of carbonyl (C=O) groups is 1. The van der Waals surface area contributed by atoms with Gasteiger partial charge in [-0.2, -0.15) is 0 Å². The third-order valence-electron chi connectivity index (χ3n) is 4.66. The second-order valence-electron chi connectivity index (χ2n) is 5.65. The van der Waals surface area contributed by atoms with Crippen LogP contribution in [0.1, 0.15) is 58.3 Å². The van der Waals surface area contributed by atoms with Gasteiger partial charge in [-0.1, -0.05) is 26.2 Å². The minimum Gasteiger partial charge on any atom is -0.320 e. The topological polar surface area (TPSA) is 32.3 Å². The van der Waals surface area contributed by atoms with E-state index in [1.165, 1.54) is 25.7 Å². The molecule has 2 heterocycles. The third kappa shape index (κ3) is 1.33. The second-order valence-corrected chi connectivity index (χ2v) is 5.65. The van der Waals surface area contributed by atoms with Gasteiger partial charge in [0.2, 0.25) is 5.91 Å². The minimum absolute atomic E-state index is 0.0471.